The number of carbonyl (C=O) groups excluding carboxylic acids is 2. The second kappa shape index (κ2) is 17.1. The number of rotatable bonds is 9. The second-order valence-corrected chi connectivity index (χ2v) is 15.6. The topological polar surface area (TPSA) is 176 Å². The van der Waals surface area contributed by atoms with Crippen LogP contribution in [0.1, 0.15) is 43.0 Å². The van der Waals surface area contributed by atoms with Gasteiger partial charge in [0.05, 0.1) is 11.5 Å². The summed E-state index contributed by atoms with van der Waals surface area (Å²) >= 11 is 0. The Hall–Kier alpha value is -3.60. The molecule has 2 N–H and O–H groups in total. The van der Waals surface area contributed by atoms with Gasteiger partial charge in [0.25, 0.3) is 5.91 Å². The average molecular weight is 732 g/mol. The van der Waals surface area contributed by atoms with E-state index in [1.807, 2.05) is 60.7 Å². The van der Waals surface area contributed by atoms with Crippen LogP contribution in [0.25, 0.3) is 5.76 Å². The molecule has 2 aliphatic heterocycles. The summed E-state index contributed by atoms with van der Waals surface area (Å²) in [4.78, 5) is 28.3. The Balaban J connectivity index is 0.000000334. The van der Waals surface area contributed by atoms with Crippen LogP contribution in [-0.4, -0.2) is 82.7 Å². The molecule has 2 amide bonds. The fourth-order valence-electron chi connectivity index (χ4n) is 5.52. The van der Waals surface area contributed by atoms with Crippen molar-refractivity contribution in [1.82, 2.24) is 9.80 Å². The number of aliphatic hydroxyl groups is 2. The zero-order valence-electron chi connectivity index (χ0n) is 28.9. The molecule has 4 heterocycles. The van der Waals surface area contributed by atoms with E-state index in [0.29, 0.717) is 39.0 Å². The van der Waals surface area contributed by atoms with E-state index in [-0.39, 0.29) is 84.2 Å². The standard InChI is InChI=1S/C17H19NO5S.C17H17NO5S.B.Na.H/c2*1-24(21,22)15-8-7-14(23-15)16(19)13-9-10-18(17(13)20)11-12-5-3-2-4-6-12;;;/h2-8,13,16,19H,9-11H2,1H3;2-8,19H,9-11H2,1H3;;;/q;;;+1;-1/b;16-13-;;;. The number of aliphatic hydroxyl groups excluding tert-OH is 2. The third kappa shape index (κ3) is 9.80. The maximum Gasteiger partial charge on any atom is 1.00 e. The van der Waals surface area contributed by atoms with Gasteiger partial charge in [0, 0.05) is 47.1 Å². The maximum absolute atomic E-state index is 12.5. The molecule has 2 atom stereocenters. The van der Waals surface area contributed by atoms with E-state index in [1.54, 1.807) is 9.80 Å². The first kappa shape index (κ1) is 40.8. The van der Waals surface area contributed by atoms with E-state index in [9.17, 15) is 36.6 Å². The van der Waals surface area contributed by atoms with Gasteiger partial charge in [-0.1, -0.05) is 60.7 Å². The van der Waals surface area contributed by atoms with Crippen molar-refractivity contribution < 1.29 is 76.5 Å². The van der Waals surface area contributed by atoms with Gasteiger partial charge in [-0.2, -0.15) is 0 Å². The summed E-state index contributed by atoms with van der Waals surface area (Å²) in [7, 11) is -6.98. The Labute approximate surface area is 317 Å². The average Bonchev–Trinajstić information content (AvgIpc) is 3.86. The van der Waals surface area contributed by atoms with Gasteiger partial charge in [-0.25, -0.2) is 16.8 Å². The molecule has 50 heavy (non-hydrogen) atoms. The van der Waals surface area contributed by atoms with Crippen LogP contribution in [0.5, 0.6) is 0 Å². The van der Waals surface area contributed by atoms with Gasteiger partial charge in [-0.15, -0.1) is 0 Å². The summed E-state index contributed by atoms with van der Waals surface area (Å²) in [5.41, 5.74) is 2.27. The Morgan fingerprint density at radius 1 is 0.800 bits per heavy atom. The summed E-state index contributed by atoms with van der Waals surface area (Å²) in [6, 6.07) is 24.5. The van der Waals surface area contributed by atoms with Crippen LogP contribution in [0.3, 0.4) is 0 Å². The number of sulfone groups is 2. The van der Waals surface area contributed by atoms with Gasteiger partial charge >= 0.3 is 29.6 Å². The molecular formula is C34H37BN2NaO10S2. The number of amides is 2. The Morgan fingerprint density at radius 3 is 1.84 bits per heavy atom. The van der Waals surface area contributed by atoms with Crippen molar-refractivity contribution in [2.75, 3.05) is 25.6 Å². The summed E-state index contributed by atoms with van der Waals surface area (Å²) < 4.78 is 56.2. The number of furan rings is 2. The fourth-order valence-corrected chi connectivity index (χ4v) is 6.64. The van der Waals surface area contributed by atoms with Gasteiger partial charge in [-0.3, -0.25) is 9.59 Å². The van der Waals surface area contributed by atoms with Crippen molar-refractivity contribution in [1.29, 1.82) is 0 Å². The predicted octanol–water partition coefficient (Wildman–Crippen LogP) is 0.886. The van der Waals surface area contributed by atoms with Crippen LogP contribution in [0.4, 0.5) is 0 Å². The van der Waals surface area contributed by atoms with Crippen LogP contribution in [0.2, 0.25) is 0 Å². The first-order valence-corrected chi connectivity index (χ1v) is 18.9. The van der Waals surface area contributed by atoms with E-state index in [1.165, 1.54) is 24.3 Å². The van der Waals surface area contributed by atoms with Crippen molar-refractivity contribution in [2.24, 2.45) is 5.92 Å². The molecule has 3 radical (unpaired) electrons. The molecular weight excluding hydrogens is 694 g/mol. The molecule has 2 saturated heterocycles. The van der Waals surface area contributed by atoms with Gasteiger partial charge in [0.2, 0.25) is 35.8 Å². The first-order valence-electron chi connectivity index (χ1n) is 15.1. The van der Waals surface area contributed by atoms with Crippen molar-refractivity contribution in [3.63, 3.8) is 0 Å². The van der Waals surface area contributed by atoms with Crippen LogP contribution in [0, 0.1) is 5.92 Å². The molecule has 16 heteroatoms. The molecule has 2 aromatic carbocycles. The van der Waals surface area contributed by atoms with E-state index in [4.69, 9.17) is 8.83 Å². The summed E-state index contributed by atoms with van der Waals surface area (Å²) in [6.45, 7) is 2.00. The Kier molecular flexibility index (Phi) is 13.9. The van der Waals surface area contributed by atoms with E-state index in [0.717, 1.165) is 23.6 Å². The van der Waals surface area contributed by atoms with Crippen LogP contribution < -0.4 is 29.6 Å². The zero-order chi connectivity index (χ0) is 34.6. The number of hydrogen-bond donors (Lipinski definition) is 2. The SMILES string of the molecule is CS(=O)(=O)c1ccc(/C(O)=C2\CCN(Cc3ccccc3)C2=O)o1.CS(=O)(=O)c1ccc(C(O)C2CCN(Cc3ccccc3)C2=O)o1.[B].[H-].[Na+]. The largest absolute Gasteiger partial charge is 1.00 e. The maximum atomic E-state index is 12.5. The Bertz CT molecular complexity index is 2040. The second-order valence-electron chi connectivity index (χ2n) is 11.7. The minimum atomic E-state index is -3.50. The molecule has 259 valence electrons. The monoisotopic (exact) mass is 731 g/mol. The Morgan fingerprint density at radius 2 is 1.32 bits per heavy atom. The van der Waals surface area contributed by atoms with Crippen molar-refractivity contribution >= 4 is 45.7 Å². The van der Waals surface area contributed by atoms with Crippen molar-refractivity contribution in [2.45, 2.75) is 42.2 Å². The van der Waals surface area contributed by atoms with Gasteiger partial charge in [0.15, 0.2) is 11.5 Å². The summed E-state index contributed by atoms with van der Waals surface area (Å²) in [6.07, 6.45) is 1.79. The van der Waals surface area contributed by atoms with Gasteiger partial charge in [0.1, 0.15) is 11.9 Å². The summed E-state index contributed by atoms with van der Waals surface area (Å²) in [5.74, 6) is -1.24. The van der Waals surface area contributed by atoms with Crippen LogP contribution in [-0.2, 0) is 42.4 Å². The molecule has 0 bridgehead atoms. The normalized spacial score (nSPS) is 17.8. The molecule has 2 aromatic heterocycles. The molecule has 0 aliphatic carbocycles. The smallest absolute Gasteiger partial charge is 1.00 e. The number of benzene rings is 2. The third-order valence-corrected chi connectivity index (χ3v) is 9.96. The van der Waals surface area contributed by atoms with Crippen molar-refractivity contribution in [3.05, 3.63) is 113 Å². The molecule has 6 rings (SSSR count). The number of likely N-dealkylation sites (tertiary alicyclic amines) is 2. The molecule has 0 saturated carbocycles. The van der Waals surface area contributed by atoms with E-state index in [2.05, 4.69) is 0 Å². The first-order chi connectivity index (χ1) is 22.7. The molecule has 2 unspecified atom stereocenters. The number of hydrogen-bond acceptors (Lipinski definition) is 10. The van der Waals surface area contributed by atoms with Gasteiger partial charge in [-0.05, 0) is 48.2 Å². The van der Waals surface area contributed by atoms with Crippen LogP contribution >= 0.6 is 0 Å². The number of nitrogens with zero attached hydrogens (tertiary/aromatic N) is 2. The summed E-state index contributed by atoms with van der Waals surface area (Å²) in [5, 5.41) is 20.3. The molecule has 12 nitrogen and oxygen atoms in total. The van der Waals surface area contributed by atoms with Gasteiger partial charge < -0.3 is 30.3 Å². The van der Waals surface area contributed by atoms with Crippen LogP contribution in [0.15, 0.2) is 110 Å². The number of carbonyl (C=O) groups is 2. The van der Waals surface area contributed by atoms with Crippen molar-refractivity contribution in [3.8, 4) is 0 Å². The predicted molar refractivity (Wildman–Crippen MR) is 181 cm³/mol. The molecule has 2 fully saturated rings. The third-order valence-electron chi connectivity index (χ3n) is 8.05. The zero-order valence-corrected chi connectivity index (χ0v) is 31.6. The molecule has 2 aliphatic rings. The molecule has 0 spiro atoms. The minimum absolute atomic E-state index is 0. The van der Waals surface area contributed by atoms with E-state index < -0.39 is 31.7 Å². The quantitative estimate of drug-likeness (QED) is 0.143. The minimum Gasteiger partial charge on any atom is -1.00 e. The fraction of sp³-hybridized carbons (Fsp3) is 0.294. The molecule has 4 aromatic rings. The van der Waals surface area contributed by atoms with E-state index >= 15 is 0 Å².